The smallest absolute Gasteiger partial charge is 0.218 e. The fourth-order valence-corrected chi connectivity index (χ4v) is 3.48. The summed E-state index contributed by atoms with van der Waals surface area (Å²) in [5, 5.41) is 10.9. The first-order chi connectivity index (χ1) is 11.8. The second kappa shape index (κ2) is 10.6. The van der Waals surface area contributed by atoms with Gasteiger partial charge in [0.25, 0.3) is 0 Å². The number of halogens is 1. The molecule has 5 nitrogen and oxygen atoms in total. The van der Waals surface area contributed by atoms with Crippen molar-refractivity contribution in [3.05, 3.63) is 46.3 Å². The molecular formula is C18H25IN4OS. The molecule has 0 spiro atoms. The van der Waals surface area contributed by atoms with Crippen LogP contribution in [-0.4, -0.2) is 24.1 Å². The number of aliphatic imine (C=N–C) groups is 1. The number of hydrogen-bond donors (Lipinski definition) is 2. The third kappa shape index (κ3) is 6.14. The monoisotopic (exact) mass is 472 g/mol. The van der Waals surface area contributed by atoms with Gasteiger partial charge in [-0.1, -0.05) is 6.07 Å². The van der Waals surface area contributed by atoms with Crippen LogP contribution in [-0.2, 0) is 13.1 Å². The van der Waals surface area contributed by atoms with Crippen molar-refractivity contribution in [3.63, 3.8) is 0 Å². The molecule has 0 radical (unpaired) electrons. The molecule has 2 heterocycles. The molecule has 1 aliphatic carbocycles. The number of aromatic nitrogens is 1. The Morgan fingerprint density at radius 3 is 2.80 bits per heavy atom. The van der Waals surface area contributed by atoms with E-state index in [-0.39, 0.29) is 24.0 Å². The molecule has 0 aromatic carbocycles. The van der Waals surface area contributed by atoms with Crippen LogP contribution in [0.2, 0.25) is 0 Å². The van der Waals surface area contributed by atoms with Crippen LogP contribution in [0.5, 0.6) is 5.88 Å². The van der Waals surface area contributed by atoms with E-state index < -0.39 is 0 Å². The normalized spacial score (nSPS) is 14.8. The molecule has 3 rings (SSSR count). The van der Waals surface area contributed by atoms with Crippen molar-refractivity contribution in [1.82, 2.24) is 15.6 Å². The molecule has 1 aliphatic rings. The van der Waals surface area contributed by atoms with Gasteiger partial charge < -0.3 is 15.4 Å². The average molecular weight is 472 g/mol. The Labute approximate surface area is 170 Å². The topological polar surface area (TPSA) is 58.5 Å². The highest BCUT2D eigenvalue weighted by atomic mass is 127. The fraction of sp³-hybridized carbons (Fsp3) is 0.444. The van der Waals surface area contributed by atoms with E-state index in [1.807, 2.05) is 6.07 Å². The second-order valence-corrected chi connectivity index (χ2v) is 6.68. The Kier molecular flexibility index (Phi) is 8.47. The predicted molar refractivity (Wildman–Crippen MR) is 114 cm³/mol. The maximum absolute atomic E-state index is 6.08. The quantitative estimate of drug-likeness (QED) is 0.380. The third-order valence-electron chi connectivity index (χ3n) is 4.14. The van der Waals surface area contributed by atoms with E-state index >= 15 is 0 Å². The summed E-state index contributed by atoms with van der Waals surface area (Å²) in [7, 11) is 1.78. The molecule has 25 heavy (non-hydrogen) atoms. The highest BCUT2D eigenvalue weighted by Gasteiger charge is 2.18. The summed E-state index contributed by atoms with van der Waals surface area (Å²) >= 11 is 1.70. The van der Waals surface area contributed by atoms with Crippen molar-refractivity contribution in [2.75, 3.05) is 7.05 Å². The maximum Gasteiger partial charge on any atom is 0.218 e. The molecule has 1 fully saturated rings. The molecule has 7 heteroatoms. The number of nitrogens with one attached hydrogen (secondary N) is 2. The lowest BCUT2D eigenvalue weighted by molar-refractivity contribution is 0.199. The van der Waals surface area contributed by atoms with Crippen LogP contribution in [0.15, 0.2) is 40.1 Å². The zero-order valence-corrected chi connectivity index (χ0v) is 17.6. The van der Waals surface area contributed by atoms with Crippen molar-refractivity contribution in [1.29, 1.82) is 0 Å². The van der Waals surface area contributed by atoms with Crippen molar-refractivity contribution in [2.24, 2.45) is 4.99 Å². The summed E-state index contributed by atoms with van der Waals surface area (Å²) in [5.41, 5.74) is 2.32. The molecule has 0 aliphatic heterocycles. The van der Waals surface area contributed by atoms with Gasteiger partial charge in [-0.25, -0.2) is 4.98 Å². The van der Waals surface area contributed by atoms with Crippen molar-refractivity contribution in [2.45, 2.75) is 44.9 Å². The molecule has 2 aromatic heterocycles. The van der Waals surface area contributed by atoms with E-state index in [4.69, 9.17) is 4.74 Å². The van der Waals surface area contributed by atoms with Gasteiger partial charge in [0.15, 0.2) is 5.96 Å². The molecule has 1 saturated carbocycles. The Morgan fingerprint density at radius 2 is 2.08 bits per heavy atom. The van der Waals surface area contributed by atoms with Crippen LogP contribution in [0.3, 0.4) is 0 Å². The number of hydrogen-bond acceptors (Lipinski definition) is 4. The summed E-state index contributed by atoms with van der Waals surface area (Å²) in [6.07, 6.45) is 6.88. The van der Waals surface area contributed by atoms with Gasteiger partial charge >= 0.3 is 0 Å². The minimum absolute atomic E-state index is 0. The van der Waals surface area contributed by atoms with Crippen LogP contribution in [0.1, 0.15) is 36.8 Å². The molecule has 136 valence electrons. The standard InChI is InChI=1S/C18H24N4OS.HI/c1-19-18(21-11-14-8-10-24-13-14)22-12-15-5-4-9-20-17(15)23-16-6-2-3-7-16;/h4-5,8-10,13,16H,2-3,6-7,11-12H2,1H3,(H2,19,21,22);1H. The van der Waals surface area contributed by atoms with Crippen LogP contribution >= 0.6 is 35.3 Å². The number of pyridine rings is 1. The molecule has 2 N–H and O–H groups in total. The lowest BCUT2D eigenvalue weighted by Gasteiger charge is -2.16. The average Bonchev–Trinajstić information content (AvgIpc) is 3.30. The number of nitrogens with zero attached hydrogens (tertiary/aromatic N) is 2. The lowest BCUT2D eigenvalue weighted by atomic mass is 10.2. The van der Waals surface area contributed by atoms with E-state index in [0.29, 0.717) is 12.6 Å². The van der Waals surface area contributed by atoms with Crippen molar-refractivity contribution >= 4 is 41.3 Å². The minimum Gasteiger partial charge on any atom is -0.474 e. The Hall–Kier alpha value is -1.35. The summed E-state index contributed by atoms with van der Waals surface area (Å²) in [5.74, 6) is 1.52. The van der Waals surface area contributed by atoms with E-state index in [2.05, 4.69) is 43.5 Å². The van der Waals surface area contributed by atoms with Gasteiger partial charge in [-0.15, -0.1) is 24.0 Å². The Bertz CT molecular complexity index is 657. The summed E-state index contributed by atoms with van der Waals surface area (Å²) < 4.78 is 6.08. The van der Waals surface area contributed by atoms with Crippen LogP contribution in [0, 0.1) is 0 Å². The highest BCUT2D eigenvalue weighted by Crippen LogP contribution is 2.24. The van der Waals surface area contributed by atoms with Gasteiger partial charge in [-0.05, 0) is 54.1 Å². The summed E-state index contributed by atoms with van der Waals surface area (Å²) in [4.78, 5) is 8.68. The summed E-state index contributed by atoms with van der Waals surface area (Å²) in [6.45, 7) is 1.40. The van der Waals surface area contributed by atoms with E-state index in [1.54, 1.807) is 24.6 Å². The molecule has 2 aromatic rings. The van der Waals surface area contributed by atoms with E-state index in [0.717, 1.165) is 36.8 Å². The third-order valence-corrected chi connectivity index (χ3v) is 4.87. The number of thiophene rings is 1. The van der Waals surface area contributed by atoms with Gasteiger partial charge in [-0.2, -0.15) is 11.3 Å². The lowest BCUT2D eigenvalue weighted by Crippen LogP contribution is -2.36. The van der Waals surface area contributed by atoms with Gasteiger partial charge in [0, 0.05) is 31.9 Å². The fourth-order valence-electron chi connectivity index (χ4n) is 2.81. The predicted octanol–water partition coefficient (Wildman–Crippen LogP) is 3.95. The largest absolute Gasteiger partial charge is 0.474 e. The van der Waals surface area contributed by atoms with Crippen LogP contribution < -0.4 is 15.4 Å². The van der Waals surface area contributed by atoms with Gasteiger partial charge in [0.05, 0.1) is 0 Å². The second-order valence-electron chi connectivity index (χ2n) is 5.90. The Balaban J connectivity index is 0.00000225. The zero-order valence-electron chi connectivity index (χ0n) is 14.4. The zero-order chi connectivity index (χ0) is 16.6. The first-order valence-electron chi connectivity index (χ1n) is 8.41. The highest BCUT2D eigenvalue weighted by molar-refractivity contribution is 14.0. The van der Waals surface area contributed by atoms with Gasteiger partial charge in [0.2, 0.25) is 5.88 Å². The van der Waals surface area contributed by atoms with Crippen molar-refractivity contribution in [3.8, 4) is 5.88 Å². The number of ether oxygens (including phenoxy) is 1. The van der Waals surface area contributed by atoms with Gasteiger partial charge in [-0.3, -0.25) is 4.99 Å². The molecule has 0 amide bonds. The SMILES string of the molecule is CN=C(NCc1ccsc1)NCc1cccnc1OC1CCCC1.I. The number of guanidine groups is 1. The molecule has 0 saturated heterocycles. The van der Waals surface area contributed by atoms with Crippen molar-refractivity contribution < 1.29 is 4.74 Å². The summed E-state index contributed by atoms with van der Waals surface area (Å²) in [6, 6.07) is 6.11. The molecular weight excluding hydrogens is 447 g/mol. The molecule has 0 bridgehead atoms. The minimum atomic E-state index is 0. The van der Waals surface area contributed by atoms with Gasteiger partial charge in [0.1, 0.15) is 6.10 Å². The van der Waals surface area contributed by atoms with Crippen LogP contribution in [0.25, 0.3) is 0 Å². The Morgan fingerprint density at radius 1 is 1.28 bits per heavy atom. The first kappa shape index (κ1) is 20.0. The molecule has 0 unspecified atom stereocenters. The maximum atomic E-state index is 6.08. The number of rotatable bonds is 6. The van der Waals surface area contributed by atoms with Crippen LogP contribution in [0.4, 0.5) is 0 Å². The first-order valence-corrected chi connectivity index (χ1v) is 9.35. The van der Waals surface area contributed by atoms with E-state index in [1.165, 1.54) is 18.4 Å². The van der Waals surface area contributed by atoms with E-state index in [9.17, 15) is 0 Å². The molecule has 0 atom stereocenters.